The average Bonchev–Trinajstić information content (AvgIpc) is 2.41. The first-order valence-electron chi connectivity index (χ1n) is 6.32. The Morgan fingerprint density at radius 1 is 1.16 bits per heavy atom. The first-order chi connectivity index (χ1) is 9.11. The van der Waals surface area contributed by atoms with E-state index in [0.717, 1.165) is 29.3 Å². The van der Waals surface area contributed by atoms with Crippen LogP contribution in [-0.4, -0.2) is 9.97 Å². The fourth-order valence-electron chi connectivity index (χ4n) is 1.85. The summed E-state index contributed by atoms with van der Waals surface area (Å²) in [6.45, 7) is 6.17. The molecule has 1 aromatic heterocycles. The lowest BCUT2D eigenvalue weighted by molar-refractivity contribution is 0.918. The Kier molecular flexibility index (Phi) is 4.83. The smallest absolute Gasteiger partial charge is 0.140 e. The molecule has 0 atom stereocenters. The summed E-state index contributed by atoms with van der Waals surface area (Å²) in [5, 5.41) is 0.576. The van der Waals surface area contributed by atoms with Crippen molar-refractivity contribution >= 4 is 23.4 Å². The molecule has 0 N–H and O–H groups in total. The fraction of sp³-hybridized carbons (Fsp3) is 0.333. The number of aryl methyl sites for hydroxylation is 2. The van der Waals surface area contributed by atoms with Crippen LogP contribution in [0.25, 0.3) is 0 Å². The number of benzene rings is 1. The van der Waals surface area contributed by atoms with E-state index in [1.54, 1.807) is 11.8 Å². The third kappa shape index (κ3) is 3.48. The van der Waals surface area contributed by atoms with Gasteiger partial charge in [-0.25, -0.2) is 9.97 Å². The average molecular weight is 293 g/mol. The van der Waals surface area contributed by atoms with Crippen molar-refractivity contribution in [2.75, 3.05) is 0 Å². The summed E-state index contributed by atoms with van der Waals surface area (Å²) >= 11 is 7.90. The van der Waals surface area contributed by atoms with Gasteiger partial charge in [0.05, 0.1) is 5.75 Å². The lowest BCUT2D eigenvalue weighted by Gasteiger charge is -2.08. The highest BCUT2D eigenvalue weighted by atomic mass is 35.5. The number of hydrogen-bond acceptors (Lipinski definition) is 3. The zero-order valence-electron chi connectivity index (χ0n) is 11.4. The van der Waals surface area contributed by atoms with Crippen molar-refractivity contribution in [3.05, 3.63) is 52.1 Å². The topological polar surface area (TPSA) is 25.8 Å². The number of aromatic nitrogens is 2. The highest BCUT2D eigenvalue weighted by Gasteiger charge is 2.08. The summed E-state index contributed by atoms with van der Waals surface area (Å²) in [7, 11) is 0. The Bertz CT molecular complexity index is 584. The second-order valence-corrected chi connectivity index (χ2v) is 5.79. The summed E-state index contributed by atoms with van der Waals surface area (Å²) in [5.74, 6) is 1.55. The number of thioether (sulfide) groups is 1. The van der Waals surface area contributed by atoms with Gasteiger partial charge >= 0.3 is 0 Å². The van der Waals surface area contributed by atoms with Crippen LogP contribution in [0.5, 0.6) is 0 Å². The van der Waals surface area contributed by atoms with Gasteiger partial charge in [-0.05, 0) is 31.9 Å². The predicted molar refractivity (Wildman–Crippen MR) is 81.9 cm³/mol. The van der Waals surface area contributed by atoms with Gasteiger partial charge in [0.2, 0.25) is 0 Å². The molecule has 0 radical (unpaired) electrons. The van der Waals surface area contributed by atoms with Crippen LogP contribution in [0.15, 0.2) is 29.2 Å². The number of hydrogen-bond donors (Lipinski definition) is 0. The van der Waals surface area contributed by atoms with Crippen molar-refractivity contribution in [3.8, 4) is 0 Å². The number of rotatable bonds is 4. The van der Waals surface area contributed by atoms with Crippen LogP contribution < -0.4 is 0 Å². The molecule has 2 nitrogen and oxygen atoms in total. The van der Waals surface area contributed by atoms with E-state index in [1.807, 2.05) is 13.0 Å². The van der Waals surface area contributed by atoms with E-state index in [0.29, 0.717) is 5.15 Å². The molecule has 0 unspecified atom stereocenters. The van der Waals surface area contributed by atoms with Crippen molar-refractivity contribution in [1.29, 1.82) is 0 Å². The molecule has 0 aliphatic carbocycles. The van der Waals surface area contributed by atoms with Gasteiger partial charge in [-0.2, -0.15) is 0 Å². The standard InChI is InChI=1S/C15H17ClN2S/c1-4-12-11(3)15(16)18-14(17-12)9-19-13-8-6-5-7-10(13)2/h5-8H,4,9H2,1-3H3. The molecule has 2 rings (SSSR count). The van der Waals surface area contributed by atoms with Crippen LogP contribution >= 0.6 is 23.4 Å². The van der Waals surface area contributed by atoms with Crippen LogP contribution in [-0.2, 0) is 12.2 Å². The summed E-state index contributed by atoms with van der Waals surface area (Å²) < 4.78 is 0. The number of halogens is 1. The Labute approximate surface area is 123 Å². The molecule has 100 valence electrons. The largest absolute Gasteiger partial charge is 0.237 e. The van der Waals surface area contributed by atoms with Crippen molar-refractivity contribution < 1.29 is 0 Å². The molecule has 1 heterocycles. The predicted octanol–water partition coefficient (Wildman–Crippen LogP) is 4.60. The third-order valence-corrected chi connectivity index (χ3v) is 4.56. The molecule has 0 saturated heterocycles. The molecule has 0 fully saturated rings. The SMILES string of the molecule is CCc1nc(CSc2ccccc2C)nc(Cl)c1C. The van der Waals surface area contributed by atoms with Crippen LogP contribution in [0.1, 0.15) is 29.6 Å². The molecule has 0 spiro atoms. The first kappa shape index (κ1) is 14.4. The second kappa shape index (κ2) is 6.40. The third-order valence-electron chi connectivity index (χ3n) is 3.02. The zero-order chi connectivity index (χ0) is 13.8. The number of nitrogens with zero attached hydrogens (tertiary/aromatic N) is 2. The van der Waals surface area contributed by atoms with E-state index in [9.17, 15) is 0 Å². The monoisotopic (exact) mass is 292 g/mol. The molecular formula is C15H17ClN2S. The lowest BCUT2D eigenvalue weighted by atomic mass is 10.2. The van der Waals surface area contributed by atoms with E-state index in [4.69, 9.17) is 11.6 Å². The Morgan fingerprint density at radius 2 is 1.89 bits per heavy atom. The Hall–Kier alpha value is -1.06. The van der Waals surface area contributed by atoms with Crippen LogP contribution in [0.3, 0.4) is 0 Å². The molecule has 4 heteroatoms. The van der Waals surface area contributed by atoms with E-state index < -0.39 is 0 Å². The molecule has 0 aliphatic heterocycles. The van der Waals surface area contributed by atoms with Crippen LogP contribution in [0.4, 0.5) is 0 Å². The van der Waals surface area contributed by atoms with Gasteiger partial charge in [0.15, 0.2) is 0 Å². The molecule has 2 aromatic rings. The molecule has 19 heavy (non-hydrogen) atoms. The van der Waals surface area contributed by atoms with Crippen LogP contribution in [0, 0.1) is 13.8 Å². The highest BCUT2D eigenvalue weighted by Crippen LogP contribution is 2.26. The van der Waals surface area contributed by atoms with E-state index in [-0.39, 0.29) is 0 Å². The van der Waals surface area contributed by atoms with Gasteiger partial charge in [0.25, 0.3) is 0 Å². The Balaban J connectivity index is 2.16. The van der Waals surface area contributed by atoms with Crippen molar-refractivity contribution in [2.45, 2.75) is 37.8 Å². The summed E-state index contributed by atoms with van der Waals surface area (Å²) in [5.41, 5.74) is 3.32. The Morgan fingerprint density at radius 3 is 2.58 bits per heavy atom. The zero-order valence-corrected chi connectivity index (χ0v) is 13.0. The maximum Gasteiger partial charge on any atom is 0.140 e. The molecule has 0 aliphatic rings. The van der Waals surface area contributed by atoms with Gasteiger partial charge in [-0.15, -0.1) is 11.8 Å². The van der Waals surface area contributed by atoms with Gasteiger partial charge in [0.1, 0.15) is 11.0 Å². The maximum absolute atomic E-state index is 6.15. The maximum atomic E-state index is 6.15. The fourth-order valence-corrected chi connectivity index (χ4v) is 2.94. The lowest BCUT2D eigenvalue weighted by Crippen LogP contribution is -2.01. The van der Waals surface area contributed by atoms with Crippen molar-refractivity contribution in [2.24, 2.45) is 0 Å². The van der Waals surface area contributed by atoms with Gasteiger partial charge in [-0.1, -0.05) is 36.7 Å². The van der Waals surface area contributed by atoms with Gasteiger partial charge in [-0.3, -0.25) is 0 Å². The quantitative estimate of drug-likeness (QED) is 0.608. The molecular weight excluding hydrogens is 276 g/mol. The normalized spacial score (nSPS) is 10.7. The second-order valence-electron chi connectivity index (χ2n) is 4.41. The van der Waals surface area contributed by atoms with Crippen LogP contribution in [0.2, 0.25) is 5.15 Å². The molecule has 0 saturated carbocycles. The summed E-state index contributed by atoms with van der Waals surface area (Å²) in [6.07, 6.45) is 0.885. The minimum atomic E-state index is 0.576. The van der Waals surface area contributed by atoms with E-state index in [1.165, 1.54) is 10.5 Å². The highest BCUT2D eigenvalue weighted by molar-refractivity contribution is 7.98. The molecule has 0 bridgehead atoms. The molecule has 1 aromatic carbocycles. The van der Waals surface area contributed by atoms with E-state index in [2.05, 4.69) is 42.0 Å². The van der Waals surface area contributed by atoms with Gasteiger partial charge in [0, 0.05) is 16.2 Å². The minimum absolute atomic E-state index is 0.576. The van der Waals surface area contributed by atoms with E-state index >= 15 is 0 Å². The summed E-state index contributed by atoms with van der Waals surface area (Å²) in [6, 6.07) is 8.34. The van der Waals surface area contributed by atoms with Gasteiger partial charge < -0.3 is 0 Å². The first-order valence-corrected chi connectivity index (χ1v) is 7.68. The molecule has 0 amide bonds. The summed E-state index contributed by atoms with van der Waals surface area (Å²) in [4.78, 5) is 10.2. The minimum Gasteiger partial charge on any atom is -0.237 e. The van der Waals surface area contributed by atoms with Crippen molar-refractivity contribution in [1.82, 2.24) is 9.97 Å². The van der Waals surface area contributed by atoms with Crippen molar-refractivity contribution in [3.63, 3.8) is 0 Å².